The minimum Gasteiger partial charge on any atom is -0.497 e. The molecule has 0 saturated carbocycles. The maximum Gasteiger partial charge on any atom is 0.243 e. The van der Waals surface area contributed by atoms with E-state index in [0.29, 0.717) is 30.4 Å². The van der Waals surface area contributed by atoms with Crippen molar-refractivity contribution in [2.75, 3.05) is 62.9 Å². The number of hydrogen-bond acceptors (Lipinski definition) is 8. The van der Waals surface area contributed by atoms with E-state index in [1.807, 2.05) is 0 Å². The third-order valence-electron chi connectivity index (χ3n) is 5.56. The fourth-order valence-corrected chi connectivity index (χ4v) is 6.12. The predicted molar refractivity (Wildman–Crippen MR) is 136 cm³/mol. The molecule has 0 aromatic heterocycles. The highest BCUT2D eigenvalue weighted by Crippen LogP contribution is 2.30. The van der Waals surface area contributed by atoms with E-state index < -0.39 is 26.0 Å². The number of carbonyl (C=O) groups is 1. The Balaban J connectivity index is 1.69. The van der Waals surface area contributed by atoms with Gasteiger partial charge in [0.15, 0.2) is 0 Å². The van der Waals surface area contributed by atoms with E-state index in [1.54, 1.807) is 24.3 Å². The van der Waals surface area contributed by atoms with Crippen LogP contribution in [0.25, 0.3) is 0 Å². The third-order valence-corrected chi connectivity index (χ3v) is 8.65. The second-order valence-corrected chi connectivity index (χ2v) is 11.9. The molecular formula is C23H31N3O8S2. The maximum atomic E-state index is 13.0. The Hall–Kier alpha value is -2.87. The number of hydrogen-bond donors (Lipinski definition) is 1. The summed E-state index contributed by atoms with van der Waals surface area (Å²) >= 11 is 0. The van der Waals surface area contributed by atoms with Gasteiger partial charge in [0.05, 0.1) is 50.0 Å². The molecule has 1 saturated heterocycles. The Bertz CT molecular complexity index is 1280. The van der Waals surface area contributed by atoms with Gasteiger partial charge in [0.2, 0.25) is 26.0 Å². The number of ether oxygens (including phenoxy) is 3. The molecule has 0 spiro atoms. The van der Waals surface area contributed by atoms with E-state index >= 15 is 0 Å². The van der Waals surface area contributed by atoms with E-state index in [2.05, 4.69) is 5.32 Å². The molecule has 11 nitrogen and oxygen atoms in total. The van der Waals surface area contributed by atoms with Crippen LogP contribution in [0.15, 0.2) is 47.4 Å². The van der Waals surface area contributed by atoms with Gasteiger partial charge < -0.3 is 19.5 Å². The molecule has 0 unspecified atom stereocenters. The minimum absolute atomic E-state index is 0.000412. The lowest BCUT2D eigenvalue weighted by molar-refractivity contribution is -0.116. The summed E-state index contributed by atoms with van der Waals surface area (Å²) in [5, 5.41) is 2.69. The van der Waals surface area contributed by atoms with Crippen LogP contribution in [-0.4, -0.2) is 80.4 Å². The zero-order valence-corrected chi connectivity index (χ0v) is 22.1. The molecule has 0 aliphatic carbocycles. The van der Waals surface area contributed by atoms with Crippen LogP contribution in [0.3, 0.4) is 0 Å². The highest BCUT2D eigenvalue weighted by atomic mass is 32.2. The van der Waals surface area contributed by atoms with Crippen LogP contribution in [-0.2, 0) is 29.6 Å². The van der Waals surface area contributed by atoms with Gasteiger partial charge in [-0.2, -0.15) is 4.31 Å². The Morgan fingerprint density at radius 2 is 1.78 bits per heavy atom. The van der Waals surface area contributed by atoms with E-state index in [9.17, 15) is 21.6 Å². The molecule has 1 amide bonds. The Labute approximate surface area is 212 Å². The van der Waals surface area contributed by atoms with Gasteiger partial charge in [-0.15, -0.1) is 0 Å². The van der Waals surface area contributed by atoms with Crippen LogP contribution in [0.5, 0.6) is 11.5 Å². The van der Waals surface area contributed by atoms with Crippen LogP contribution < -0.4 is 19.1 Å². The van der Waals surface area contributed by atoms with Gasteiger partial charge in [-0.25, -0.2) is 16.8 Å². The first kappa shape index (κ1) is 27.7. The Morgan fingerprint density at radius 3 is 2.42 bits per heavy atom. The Morgan fingerprint density at radius 1 is 1.06 bits per heavy atom. The first-order valence-electron chi connectivity index (χ1n) is 11.2. The number of morpholine rings is 1. The number of carbonyl (C=O) groups excluding carboxylic acids is 1. The molecule has 1 fully saturated rings. The Kier molecular flexibility index (Phi) is 9.17. The zero-order valence-electron chi connectivity index (χ0n) is 20.5. The lowest BCUT2D eigenvalue weighted by Crippen LogP contribution is -2.40. The van der Waals surface area contributed by atoms with Crippen molar-refractivity contribution < 1.29 is 35.8 Å². The minimum atomic E-state index is -3.76. The number of nitrogens with one attached hydrogen (secondary N) is 1. The van der Waals surface area contributed by atoms with Crippen molar-refractivity contribution in [2.45, 2.75) is 17.7 Å². The second-order valence-electron chi connectivity index (χ2n) is 8.07. The summed E-state index contributed by atoms with van der Waals surface area (Å²) in [6.45, 7) is 1.21. The summed E-state index contributed by atoms with van der Waals surface area (Å²) in [7, 11) is -4.46. The fraction of sp³-hybridized carbons (Fsp3) is 0.435. The third kappa shape index (κ3) is 6.87. The summed E-state index contributed by atoms with van der Waals surface area (Å²) in [6.07, 6.45) is 1.32. The molecule has 198 valence electrons. The molecule has 2 aromatic carbocycles. The van der Waals surface area contributed by atoms with Crippen LogP contribution in [0, 0.1) is 0 Å². The lowest BCUT2D eigenvalue weighted by Gasteiger charge is -2.26. The number of nitrogens with zero attached hydrogens (tertiary/aromatic N) is 2. The molecule has 13 heteroatoms. The standard InChI is InChI=1S/C23H31N3O8S2/c1-32-19-7-4-6-18(16-19)26(35(3,28)29)11-5-8-23(27)24-21-17-20(9-10-22(21)33-2)36(30,31)25-12-14-34-15-13-25/h4,6-7,9-10,16-17H,5,8,11-15H2,1-3H3,(H,24,27). The van der Waals surface area contributed by atoms with E-state index in [4.69, 9.17) is 14.2 Å². The molecule has 3 rings (SSSR count). The highest BCUT2D eigenvalue weighted by Gasteiger charge is 2.27. The van der Waals surface area contributed by atoms with Crippen molar-refractivity contribution in [1.82, 2.24) is 4.31 Å². The summed E-state index contributed by atoms with van der Waals surface area (Å²) in [5.41, 5.74) is 0.643. The lowest BCUT2D eigenvalue weighted by atomic mass is 10.2. The number of methoxy groups -OCH3 is 2. The van der Waals surface area contributed by atoms with Crippen LogP contribution in [0.2, 0.25) is 0 Å². The molecule has 0 radical (unpaired) electrons. The molecule has 1 heterocycles. The van der Waals surface area contributed by atoms with Gasteiger partial charge in [0.25, 0.3) is 0 Å². The van der Waals surface area contributed by atoms with Gasteiger partial charge in [-0.05, 0) is 36.8 Å². The van der Waals surface area contributed by atoms with Crippen LogP contribution >= 0.6 is 0 Å². The first-order valence-corrected chi connectivity index (χ1v) is 14.5. The van der Waals surface area contributed by atoms with Crippen molar-refractivity contribution in [3.05, 3.63) is 42.5 Å². The van der Waals surface area contributed by atoms with E-state index in [1.165, 1.54) is 41.0 Å². The molecule has 1 aliphatic heterocycles. The molecule has 0 bridgehead atoms. The zero-order chi connectivity index (χ0) is 26.3. The van der Waals surface area contributed by atoms with Gasteiger partial charge >= 0.3 is 0 Å². The number of sulfonamides is 2. The molecule has 1 aliphatic rings. The van der Waals surface area contributed by atoms with Crippen molar-refractivity contribution in [3.8, 4) is 11.5 Å². The van der Waals surface area contributed by atoms with E-state index in [0.717, 1.165) is 6.26 Å². The number of rotatable bonds is 11. The topological polar surface area (TPSA) is 132 Å². The van der Waals surface area contributed by atoms with Gasteiger partial charge in [0, 0.05) is 32.1 Å². The van der Waals surface area contributed by atoms with Gasteiger partial charge in [-0.3, -0.25) is 9.10 Å². The quantitative estimate of drug-likeness (QED) is 0.456. The predicted octanol–water partition coefficient (Wildman–Crippen LogP) is 1.91. The largest absolute Gasteiger partial charge is 0.497 e. The summed E-state index contributed by atoms with van der Waals surface area (Å²) < 4.78 is 68.9. The maximum absolute atomic E-state index is 13.0. The van der Waals surface area contributed by atoms with Crippen molar-refractivity contribution >= 4 is 37.3 Å². The highest BCUT2D eigenvalue weighted by molar-refractivity contribution is 7.92. The first-order chi connectivity index (χ1) is 17.1. The van der Waals surface area contributed by atoms with Crippen molar-refractivity contribution in [3.63, 3.8) is 0 Å². The van der Waals surface area contributed by atoms with Gasteiger partial charge in [-0.1, -0.05) is 6.07 Å². The average molecular weight is 542 g/mol. The van der Waals surface area contributed by atoms with Crippen molar-refractivity contribution in [1.29, 1.82) is 0 Å². The molecule has 0 atom stereocenters. The fourth-order valence-electron chi connectivity index (χ4n) is 3.73. The second kappa shape index (κ2) is 11.9. The van der Waals surface area contributed by atoms with Crippen LogP contribution in [0.4, 0.5) is 11.4 Å². The van der Waals surface area contributed by atoms with Gasteiger partial charge in [0.1, 0.15) is 11.5 Å². The molecule has 2 aromatic rings. The average Bonchev–Trinajstić information content (AvgIpc) is 2.86. The summed E-state index contributed by atoms with van der Waals surface area (Å²) in [4.78, 5) is 12.7. The van der Waals surface area contributed by atoms with Crippen molar-refractivity contribution in [2.24, 2.45) is 0 Å². The molecule has 1 N–H and O–H groups in total. The normalized spacial score (nSPS) is 14.8. The molecule has 36 heavy (non-hydrogen) atoms. The molecular weight excluding hydrogens is 510 g/mol. The summed E-state index contributed by atoms with van der Waals surface area (Å²) in [5.74, 6) is 0.407. The summed E-state index contributed by atoms with van der Waals surface area (Å²) in [6, 6.07) is 10.9. The van der Waals surface area contributed by atoms with Crippen LogP contribution in [0.1, 0.15) is 12.8 Å². The SMILES string of the molecule is COc1cccc(N(CCCC(=O)Nc2cc(S(=O)(=O)N3CCOCC3)ccc2OC)S(C)(=O)=O)c1. The number of anilines is 2. The monoisotopic (exact) mass is 541 g/mol. The van der Waals surface area contributed by atoms with E-state index in [-0.39, 0.29) is 43.1 Å². The number of amides is 1. The smallest absolute Gasteiger partial charge is 0.243 e. The number of benzene rings is 2.